The van der Waals surface area contributed by atoms with Gasteiger partial charge in [-0.3, -0.25) is 0 Å². The van der Waals surface area contributed by atoms with Crippen LogP contribution in [0.25, 0.3) is 0 Å². The zero-order chi connectivity index (χ0) is 7.02. The predicted molar refractivity (Wildman–Crippen MR) is 39.8 cm³/mol. The largest absolute Gasteiger partial charge is 1.00 e. The Morgan fingerprint density at radius 1 is 0.800 bits per heavy atom. The van der Waals surface area contributed by atoms with E-state index in [-0.39, 0.29) is 49.9 Å². The van der Waals surface area contributed by atoms with Gasteiger partial charge >= 0.3 is 29.6 Å². The van der Waals surface area contributed by atoms with Crippen molar-refractivity contribution in [2.24, 2.45) is 0 Å². The van der Waals surface area contributed by atoms with E-state index in [1.807, 2.05) is 0 Å². The normalized spacial score (nSPS) is 9.20. The average molecular weight is 227 g/mol. The molecule has 1 nitrogen and oxygen atoms in total. The van der Waals surface area contributed by atoms with Gasteiger partial charge in [-0.15, -0.1) is 23.2 Å². The van der Waals surface area contributed by atoms with E-state index in [0.29, 0.717) is 0 Å². The first-order valence-corrected chi connectivity index (χ1v) is 3.47. The molecule has 0 aliphatic rings. The first-order valence-electron chi connectivity index (χ1n) is 1.95. The van der Waals surface area contributed by atoms with Gasteiger partial charge in [0.1, 0.15) is 0 Å². The summed E-state index contributed by atoms with van der Waals surface area (Å²) in [5.74, 6) is 0. The molecule has 0 saturated carbocycles. The third-order valence-corrected chi connectivity index (χ3v) is 2.32. The van der Waals surface area contributed by atoms with E-state index in [0.717, 1.165) is 0 Å². The van der Waals surface area contributed by atoms with Crippen molar-refractivity contribution in [3.05, 3.63) is 20.4 Å². The van der Waals surface area contributed by atoms with Crippen molar-refractivity contribution in [3.8, 4) is 0 Å². The van der Waals surface area contributed by atoms with Crippen LogP contribution in [0.2, 0.25) is 20.4 Å². The molecule has 1 rings (SSSR count). The van der Waals surface area contributed by atoms with Crippen molar-refractivity contribution >= 4 is 46.4 Å². The number of hydrogen-bond acceptors (Lipinski definition) is 0. The standard InChI is InChI=1S/C4Cl4N.Na/c5-1-2(6)4(8)9-3(1)7;/q-1;+1. The Bertz CT molecular complexity index is 211. The molecule has 0 aromatic carbocycles. The van der Waals surface area contributed by atoms with Gasteiger partial charge in [-0.1, -0.05) is 23.2 Å². The zero-order valence-electron chi connectivity index (χ0n) is 4.96. The zero-order valence-corrected chi connectivity index (χ0v) is 9.98. The van der Waals surface area contributed by atoms with Crippen molar-refractivity contribution in [2.45, 2.75) is 0 Å². The summed E-state index contributed by atoms with van der Waals surface area (Å²) < 4.78 is 0. The van der Waals surface area contributed by atoms with Crippen LogP contribution < -0.4 is 34.5 Å². The molecule has 6 heteroatoms. The third-order valence-electron chi connectivity index (χ3n) is 0.751. The molecule has 0 atom stereocenters. The molecule has 1 aromatic rings. The van der Waals surface area contributed by atoms with Gasteiger partial charge in [0.05, 0.1) is 10.0 Å². The monoisotopic (exact) mass is 225 g/mol. The molecule has 0 radical (unpaired) electrons. The molecule has 0 spiro atoms. The molecule has 0 saturated heterocycles. The molecule has 1 heterocycles. The van der Waals surface area contributed by atoms with Gasteiger partial charge in [0, 0.05) is 0 Å². The first kappa shape index (κ1) is 11.4. The Balaban J connectivity index is 0.000000810. The minimum absolute atomic E-state index is 0. The molecular formula is C4Cl4NNa. The van der Waals surface area contributed by atoms with Gasteiger partial charge in [-0.25, -0.2) is 0 Å². The molecule has 0 aliphatic carbocycles. The molecular weight excluding hydrogens is 227 g/mol. The van der Waals surface area contributed by atoms with Gasteiger partial charge in [0.25, 0.3) is 0 Å². The molecule has 0 N–H and O–H groups in total. The maximum Gasteiger partial charge on any atom is 1.00 e. The molecule has 0 amide bonds. The Labute approximate surface area is 100 Å². The van der Waals surface area contributed by atoms with Crippen molar-refractivity contribution in [2.75, 3.05) is 0 Å². The quantitative estimate of drug-likeness (QED) is 0.579. The molecule has 50 valence electrons. The van der Waals surface area contributed by atoms with Gasteiger partial charge in [-0.2, -0.15) is 0 Å². The van der Waals surface area contributed by atoms with Gasteiger partial charge in [0.15, 0.2) is 0 Å². The minimum atomic E-state index is 0. The maximum absolute atomic E-state index is 5.49. The smallest absolute Gasteiger partial charge is 0.636 e. The Morgan fingerprint density at radius 3 is 1.20 bits per heavy atom. The minimum Gasteiger partial charge on any atom is -0.636 e. The van der Waals surface area contributed by atoms with Crippen LogP contribution in [0.3, 0.4) is 0 Å². The first-order chi connectivity index (χ1) is 4.13. The summed E-state index contributed by atoms with van der Waals surface area (Å²) in [7, 11) is 0. The van der Waals surface area contributed by atoms with Crippen LogP contribution in [-0.2, 0) is 0 Å². The molecule has 0 fully saturated rings. The fourth-order valence-corrected chi connectivity index (χ4v) is 1.13. The molecule has 0 bridgehead atoms. The van der Waals surface area contributed by atoms with E-state index >= 15 is 0 Å². The summed E-state index contributed by atoms with van der Waals surface area (Å²) >= 11 is 21.8. The Morgan fingerprint density at radius 2 is 1.10 bits per heavy atom. The second-order valence-corrected chi connectivity index (χ2v) is 2.79. The second kappa shape index (κ2) is 4.46. The van der Waals surface area contributed by atoms with E-state index in [9.17, 15) is 0 Å². The Kier molecular flexibility index (Phi) is 5.10. The SMILES string of the molecule is Clc1[n-]c(Cl)c(Cl)c1Cl.[Na+]. The van der Waals surface area contributed by atoms with E-state index in [1.54, 1.807) is 0 Å². The number of halogens is 4. The van der Waals surface area contributed by atoms with Gasteiger partial charge in [-0.05, 0) is 10.3 Å². The van der Waals surface area contributed by atoms with Gasteiger partial charge in [0.2, 0.25) is 0 Å². The van der Waals surface area contributed by atoms with Crippen LogP contribution in [0.4, 0.5) is 0 Å². The number of hydrogen-bond donors (Lipinski definition) is 0. The molecule has 0 unspecified atom stereocenters. The molecule has 10 heavy (non-hydrogen) atoms. The number of nitrogens with zero attached hydrogens (tertiary/aromatic N) is 1. The fraction of sp³-hybridized carbons (Fsp3) is 0. The summed E-state index contributed by atoms with van der Waals surface area (Å²) in [6.07, 6.45) is 0. The van der Waals surface area contributed by atoms with Crippen LogP contribution in [0, 0.1) is 0 Å². The third kappa shape index (κ3) is 2.21. The van der Waals surface area contributed by atoms with E-state index < -0.39 is 0 Å². The summed E-state index contributed by atoms with van der Waals surface area (Å²) in [6.45, 7) is 0. The number of rotatable bonds is 0. The summed E-state index contributed by atoms with van der Waals surface area (Å²) in [6, 6.07) is 0. The van der Waals surface area contributed by atoms with Crippen molar-refractivity contribution in [3.63, 3.8) is 0 Å². The topological polar surface area (TPSA) is 14.1 Å². The van der Waals surface area contributed by atoms with Crippen LogP contribution in [0.1, 0.15) is 0 Å². The van der Waals surface area contributed by atoms with Crippen LogP contribution in [0.5, 0.6) is 0 Å². The van der Waals surface area contributed by atoms with Crippen molar-refractivity contribution < 1.29 is 29.6 Å². The van der Waals surface area contributed by atoms with Crippen molar-refractivity contribution in [1.29, 1.82) is 0 Å². The Hall–Kier alpha value is 1.44. The second-order valence-electron chi connectivity index (χ2n) is 1.32. The van der Waals surface area contributed by atoms with Crippen LogP contribution >= 0.6 is 46.4 Å². The van der Waals surface area contributed by atoms with E-state index in [1.165, 1.54) is 0 Å². The molecule has 1 aromatic heterocycles. The fourth-order valence-electron chi connectivity index (χ4n) is 0.365. The summed E-state index contributed by atoms with van der Waals surface area (Å²) in [5.41, 5.74) is 0. The summed E-state index contributed by atoms with van der Waals surface area (Å²) in [5, 5.41) is 0.713. The van der Waals surface area contributed by atoms with E-state index in [2.05, 4.69) is 4.98 Å². The number of aromatic nitrogens is 1. The maximum atomic E-state index is 5.49. The van der Waals surface area contributed by atoms with Crippen molar-refractivity contribution in [1.82, 2.24) is 4.98 Å². The average Bonchev–Trinajstić information content (AvgIpc) is 1.98. The van der Waals surface area contributed by atoms with Crippen LogP contribution in [-0.4, -0.2) is 0 Å². The van der Waals surface area contributed by atoms with Crippen LogP contribution in [0.15, 0.2) is 0 Å². The van der Waals surface area contributed by atoms with Gasteiger partial charge < -0.3 is 4.98 Å². The predicted octanol–water partition coefficient (Wildman–Crippen LogP) is 0.261. The molecule has 0 aliphatic heterocycles. The van der Waals surface area contributed by atoms with E-state index in [4.69, 9.17) is 46.4 Å². The summed E-state index contributed by atoms with van der Waals surface area (Å²) in [4.78, 5) is 3.58.